The van der Waals surface area contributed by atoms with E-state index in [1.807, 2.05) is 30.3 Å². The molecule has 1 heterocycles. The third-order valence-corrected chi connectivity index (χ3v) is 2.16. The van der Waals surface area contributed by atoms with Crippen molar-refractivity contribution in [1.29, 1.82) is 0 Å². The van der Waals surface area contributed by atoms with Crippen LogP contribution in [0.2, 0.25) is 0 Å². The van der Waals surface area contributed by atoms with Crippen molar-refractivity contribution in [2.75, 3.05) is 12.3 Å². The lowest BCUT2D eigenvalue weighted by Crippen LogP contribution is -2.29. The van der Waals surface area contributed by atoms with Crippen molar-refractivity contribution in [2.24, 2.45) is 0 Å². The number of hydrogen-bond acceptors (Lipinski definition) is 3. The molecule has 1 aliphatic rings. The van der Waals surface area contributed by atoms with Gasteiger partial charge in [0, 0.05) is 5.69 Å². The molecule has 0 radical (unpaired) electrons. The van der Waals surface area contributed by atoms with Gasteiger partial charge in [-0.25, -0.2) is 0 Å². The van der Waals surface area contributed by atoms with E-state index in [0.29, 0.717) is 0 Å². The van der Waals surface area contributed by atoms with E-state index in [-0.39, 0.29) is 6.04 Å². The monoisotopic (exact) mass is 208 g/mol. The quantitative estimate of drug-likeness (QED) is 0.604. The standard InChI is InChI=1S/C6H7N.C5H9NO2/c7-6-4-2-1-3-5-6;7-5(8)4-2-1-3-6-4/h1-5H,7H2;4,6H,1-3H2,(H,7,8)/t;4-/m.0/s1. The van der Waals surface area contributed by atoms with E-state index < -0.39 is 5.97 Å². The zero-order valence-corrected chi connectivity index (χ0v) is 8.52. The van der Waals surface area contributed by atoms with Crippen LogP contribution in [0.4, 0.5) is 5.69 Å². The molecule has 1 aromatic carbocycles. The minimum absolute atomic E-state index is 0.269. The maximum Gasteiger partial charge on any atom is 0.320 e. The van der Waals surface area contributed by atoms with E-state index in [9.17, 15) is 4.79 Å². The molecule has 0 unspecified atom stereocenters. The first-order valence-corrected chi connectivity index (χ1v) is 4.97. The number of para-hydroxylation sites is 1. The fourth-order valence-corrected chi connectivity index (χ4v) is 1.35. The highest BCUT2D eigenvalue weighted by Crippen LogP contribution is 2.03. The van der Waals surface area contributed by atoms with Crippen LogP contribution < -0.4 is 11.1 Å². The Morgan fingerprint density at radius 1 is 1.40 bits per heavy atom. The second-order valence-electron chi connectivity index (χ2n) is 3.40. The normalized spacial score (nSPS) is 19.1. The molecule has 82 valence electrons. The topological polar surface area (TPSA) is 75.4 Å². The van der Waals surface area contributed by atoms with Crippen LogP contribution >= 0.6 is 0 Å². The number of nitrogens with one attached hydrogen (secondary N) is 1. The van der Waals surface area contributed by atoms with Crippen molar-refractivity contribution in [1.82, 2.24) is 5.32 Å². The third-order valence-electron chi connectivity index (χ3n) is 2.16. The van der Waals surface area contributed by atoms with Gasteiger partial charge in [-0.3, -0.25) is 4.79 Å². The van der Waals surface area contributed by atoms with Gasteiger partial charge in [-0.05, 0) is 31.5 Å². The highest BCUT2D eigenvalue weighted by atomic mass is 16.4. The van der Waals surface area contributed by atoms with E-state index in [4.69, 9.17) is 10.8 Å². The molecule has 1 aliphatic heterocycles. The predicted octanol–water partition coefficient (Wildman–Crippen LogP) is 1.09. The van der Waals surface area contributed by atoms with Gasteiger partial charge >= 0.3 is 5.97 Å². The Labute approximate surface area is 89.1 Å². The molecule has 1 aromatic rings. The average molecular weight is 208 g/mol. The molecule has 0 aliphatic carbocycles. The molecule has 4 N–H and O–H groups in total. The van der Waals surface area contributed by atoms with Gasteiger partial charge in [-0.1, -0.05) is 18.2 Å². The minimum atomic E-state index is -0.720. The van der Waals surface area contributed by atoms with Gasteiger partial charge in [0.15, 0.2) is 0 Å². The summed E-state index contributed by atoms with van der Waals surface area (Å²) in [4.78, 5) is 10.1. The Morgan fingerprint density at radius 2 is 2.07 bits per heavy atom. The maximum atomic E-state index is 10.1. The largest absolute Gasteiger partial charge is 0.480 e. The fourth-order valence-electron chi connectivity index (χ4n) is 1.35. The van der Waals surface area contributed by atoms with E-state index in [2.05, 4.69) is 5.32 Å². The Morgan fingerprint density at radius 3 is 2.33 bits per heavy atom. The smallest absolute Gasteiger partial charge is 0.320 e. The molecule has 15 heavy (non-hydrogen) atoms. The number of carbonyl (C=O) groups is 1. The summed E-state index contributed by atoms with van der Waals surface area (Å²) < 4.78 is 0. The SMILES string of the molecule is Nc1ccccc1.O=C(O)[C@@H]1CCCN1. The van der Waals surface area contributed by atoms with Crippen LogP contribution in [0.1, 0.15) is 12.8 Å². The minimum Gasteiger partial charge on any atom is -0.480 e. The first-order chi connectivity index (χ1) is 7.20. The third kappa shape index (κ3) is 4.46. The van der Waals surface area contributed by atoms with Gasteiger partial charge in [0.05, 0.1) is 0 Å². The van der Waals surface area contributed by atoms with Crippen LogP contribution in [-0.4, -0.2) is 23.7 Å². The molecule has 0 aromatic heterocycles. The number of rotatable bonds is 1. The van der Waals surface area contributed by atoms with Gasteiger partial charge < -0.3 is 16.2 Å². The van der Waals surface area contributed by atoms with Crippen molar-refractivity contribution in [3.05, 3.63) is 30.3 Å². The molecule has 2 rings (SSSR count). The second kappa shape index (κ2) is 6.03. The molecule has 0 amide bonds. The molecule has 0 spiro atoms. The predicted molar refractivity (Wildman–Crippen MR) is 59.5 cm³/mol. The summed E-state index contributed by atoms with van der Waals surface area (Å²) in [6.07, 6.45) is 1.78. The summed E-state index contributed by atoms with van der Waals surface area (Å²) in [6.45, 7) is 0.858. The molecule has 4 heteroatoms. The summed E-state index contributed by atoms with van der Waals surface area (Å²) >= 11 is 0. The van der Waals surface area contributed by atoms with Crippen molar-refractivity contribution in [3.63, 3.8) is 0 Å². The number of nitrogens with two attached hydrogens (primary N) is 1. The van der Waals surface area contributed by atoms with Crippen LogP contribution in [0.5, 0.6) is 0 Å². The number of carboxylic acid groups (broad SMARTS) is 1. The molecule has 4 nitrogen and oxygen atoms in total. The van der Waals surface area contributed by atoms with E-state index in [1.165, 1.54) is 0 Å². The Bertz CT molecular complexity index is 295. The Balaban J connectivity index is 0.000000151. The summed E-state index contributed by atoms with van der Waals surface area (Å²) in [5.41, 5.74) is 6.18. The van der Waals surface area contributed by atoms with E-state index >= 15 is 0 Å². The molecule has 0 bridgehead atoms. The summed E-state index contributed by atoms with van der Waals surface area (Å²) in [7, 11) is 0. The number of anilines is 1. The molecule has 1 fully saturated rings. The van der Waals surface area contributed by atoms with E-state index in [1.54, 1.807) is 0 Å². The summed E-state index contributed by atoms with van der Waals surface area (Å²) in [5.74, 6) is -0.720. The lowest BCUT2D eigenvalue weighted by atomic mass is 10.2. The van der Waals surface area contributed by atoms with Gasteiger partial charge in [-0.15, -0.1) is 0 Å². The van der Waals surface area contributed by atoms with Crippen molar-refractivity contribution in [3.8, 4) is 0 Å². The Kier molecular flexibility index (Phi) is 4.63. The van der Waals surface area contributed by atoms with Gasteiger partial charge in [0.2, 0.25) is 0 Å². The van der Waals surface area contributed by atoms with Crippen molar-refractivity contribution in [2.45, 2.75) is 18.9 Å². The molecule has 1 atom stereocenters. The molecule has 0 saturated carbocycles. The molecular formula is C11H16N2O2. The van der Waals surface area contributed by atoms with Crippen LogP contribution in [-0.2, 0) is 4.79 Å². The highest BCUT2D eigenvalue weighted by Gasteiger charge is 2.20. The number of benzene rings is 1. The van der Waals surface area contributed by atoms with Crippen LogP contribution in [0.3, 0.4) is 0 Å². The van der Waals surface area contributed by atoms with Gasteiger partial charge in [-0.2, -0.15) is 0 Å². The van der Waals surface area contributed by atoms with Gasteiger partial charge in [0.1, 0.15) is 6.04 Å². The zero-order valence-electron chi connectivity index (χ0n) is 8.52. The second-order valence-corrected chi connectivity index (χ2v) is 3.40. The van der Waals surface area contributed by atoms with Crippen LogP contribution in [0, 0.1) is 0 Å². The maximum absolute atomic E-state index is 10.1. The summed E-state index contributed by atoms with van der Waals surface area (Å²) in [6, 6.07) is 9.22. The number of carboxylic acids is 1. The Hall–Kier alpha value is -1.55. The average Bonchev–Trinajstić information content (AvgIpc) is 2.72. The molecular weight excluding hydrogens is 192 g/mol. The number of aliphatic carboxylic acids is 1. The molecule has 1 saturated heterocycles. The zero-order chi connectivity index (χ0) is 11.1. The van der Waals surface area contributed by atoms with Crippen LogP contribution in [0.15, 0.2) is 30.3 Å². The number of nitrogen functional groups attached to an aromatic ring is 1. The van der Waals surface area contributed by atoms with Gasteiger partial charge in [0.25, 0.3) is 0 Å². The fraction of sp³-hybridized carbons (Fsp3) is 0.364. The lowest BCUT2D eigenvalue weighted by molar-refractivity contribution is -0.139. The van der Waals surface area contributed by atoms with Crippen LogP contribution in [0.25, 0.3) is 0 Å². The lowest BCUT2D eigenvalue weighted by Gasteiger charge is -1.99. The highest BCUT2D eigenvalue weighted by molar-refractivity contribution is 5.73. The first-order valence-electron chi connectivity index (χ1n) is 4.97. The summed E-state index contributed by atoms with van der Waals surface area (Å²) in [5, 5.41) is 11.2. The first kappa shape index (κ1) is 11.5. The van der Waals surface area contributed by atoms with Crippen molar-refractivity contribution < 1.29 is 9.90 Å². The number of hydrogen-bond donors (Lipinski definition) is 3. The van der Waals surface area contributed by atoms with E-state index in [0.717, 1.165) is 25.1 Å². The van der Waals surface area contributed by atoms with Crippen molar-refractivity contribution >= 4 is 11.7 Å².